The molecule has 1 N–H and O–H groups in total. The minimum atomic E-state index is 0.463. The van der Waals surface area contributed by atoms with Gasteiger partial charge in [0.15, 0.2) is 11.5 Å². The lowest BCUT2D eigenvalue weighted by atomic mass is 9.94. The predicted molar refractivity (Wildman–Crippen MR) is 138 cm³/mol. The number of anilines is 2. The molecule has 0 unspecified atom stereocenters. The van der Waals surface area contributed by atoms with Gasteiger partial charge < -0.3 is 19.7 Å². The molecule has 5 rings (SSSR count). The summed E-state index contributed by atoms with van der Waals surface area (Å²) in [6.45, 7) is 4.17. The molecule has 7 heteroatoms. The van der Waals surface area contributed by atoms with Crippen LogP contribution in [0.2, 0.25) is 0 Å². The van der Waals surface area contributed by atoms with Crippen LogP contribution in [0, 0.1) is 0 Å². The van der Waals surface area contributed by atoms with Gasteiger partial charge >= 0.3 is 0 Å². The third-order valence-electron chi connectivity index (χ3n) is 8.07. The fraction of sp³-hybridized carbons (Fsp3) is 0.704. The van der Waals surface area contributed by atoms with Crippen LogP contribution in [0.15, 0.2) is 12.1 Å². The summed E-state index contributed by atoms with van der Waals surface area (Å²) >= 11 is 0. The van der Waals surface area contributed by atoms with E-state index in [0.29, 0.717) is 11.8 Å². The number of nitrogens with zero attached hydrogens (tertiary/aromatic N) is 4. The van der Waals surface area contributed by atoms with Crippen LogP contribution in [-0.4, -0.2) is 67.4 Å². The number of piperazine rings is 1. The summed E-state index contributed by atoms with van der Waals surface area (Å²) in [6.07, 6.45) is 14.6. The number of rotatable bonds is 6. The Balaban J connectivity index is 1.42. The van der Waals surface area contributed by atoms with Crippen molar-refractivity contribution in [3.05, 3.63) is 12.1 Å². The van der Waals surface area contributed by atoms with E-state index in [4.69, 9.17) is 19.4 Å². The standard InChI is InChI=1S/C27H41N5O2/c1-33-24-18-22-23(19-25(24)34-2)29-27(30-26(22)28-20-10-6-3-4-7-11-20)32-16-14-31(15-17-32)21-12-8-5-9-13-21/h18-21H,3-17H2,1-2H3,(H,28,29,30). The van der Waals surface area contributed by atoms with Crippen LogP contribution >= 0.6 is 0 Å². The molecule has 0 spiro atoms. The predicted octanol–water partition coefficient (Wildman–Crippen LogP) is 5.24. The molecule has 1 aromatic carbocycles. The zero-order valence-corrected chi connectivity index (χ0v) is 21.0. The molecule has 0 atom stereocenters. The van der Waals surface area contributed by atoms with Crippen LogP contribution in [-0.2, 0) is 0 Å². The zero-order chi connectivity index (χ0) is 23.3. The Morgan fingerprint density at radius 1 is 0.765 bits per heavy atom. The monoisotopic (exact) mass is 467 g/mol. The van der Waals surface area contributed by atoms with E-state index in [1.165, 1.54) is 70.6 Å². The number of fused-ring (bicyclic) bond motifs is 1. The van der Waals surface area contributed by atoms with Gasteiger partial charge in [0.25, 0.3) is 0 Å². The smallest absolute Gasteiger partial charge is 0.227 e. The van der Waals surface area contributed by atoms with Crippen molar-refractivity contribution in [1.29, 1.82) is 0 Å². The van der Waals surface area contributed by atoms with Gasteiger partial charge in [-0.2, -0.15) is 4.98 Å². The maximum atomic E-state index is 5.60. The first-order valence-corrected chi connectivity index (χ1v) is 13.4. The van der Waals surface area contributed by atoms with Crippen LogP contribution in [0.1, 0.15) is 70.6 Å². The van der Waals surface area contributed by atoms with Crippen LogP contribution in [0.25, 0.3) is 10.9 Å². The average Bonchev–Trinajstić information content (AvgIpc) is 3.17. The molecule has 2 aliphatic carbocycles. The van der Waals surface area contributed by atoms with Crippen LogP contribution in [0.5, 0.6) is 11.5 Å². The zero-order valence-electron chi connectivity index (χ0n) is 21.0. The highest BCUT2D eigenvalue weighted by Gasteiger charge is 2.27. The molecule has 1 saturated heterocycles. The number of ether oxygens (including phenoxy) is 2. The second-order valence-electron chi connectivity index (χ2n) is 10.2. The van der Waals surface area contributed by atoms with Gasteiger partial charge in [0.1, 0.15) is 5.82 Å². The number of aromatic nitrogens is 2. The summed E-state index contributed by atoms with van der Waals surface area (Å²) in [7, 11) is 3.37. The molecule has 2 saturated carbocycles. The van der Waals surface area contributed by atoms with E-state index in [2.05, 4.69) is 15.1 Å². The van der Waals surface area contributed by atoms with Gasteiger partial charge in [-0.1, -0.05) is 44.9 Å². The summed E-state index contributed by atoms with van der Waals surface area (Å²) in [5.74, 6) is 3.19. The number of nitrogens with one attached hydrogen (secondary N) is 1. The Kier molecular flexibility index (Phi) is 7.57. The van der Waals surface area contributed by atoms with Crippen LogP contribution in [0.3, 0.4) is 0 Å². The third kappa shape index (κ3) is 5.19. The van der Waals surface area contributed by atoms with Crippen molar-refractivity contribution in [3.63, 3.8) is 0 Å². The Hall–Kier alpha value is -2.28. The van der Waals surface area contributed by atoms with Crippen molar-refractivity contribution in [2.75, 3.05) is 50.6 Å². The Bertz CT molecular complexity index is 946. The van der Waals surface area contributed by atoms with E-state index in [1.54, 1.807) is 14.2 Å². The number of hydrogen-bond donors (Lipinski definition) is 1. The van der Waals surface area contributed by atoms with Gasteiger partial charge in [-0.05, 0) is 31.7 Å². The van der Waals surface area contributed by atoms with Gasteiger partial charge in [0.05, 0.1) is 19.7 Å². The number of methoxy groups -OCH3 is 2. The maximum absolute atomic E-state index is 5.60. The third-order valence-corrected chi connectivity index (χ3v) is 8.07. The first-order chi connectivity index (χ1) is 16.7. The van der Waals surface area contributed by atoms with E-state index in [-0.39, 0.29) is 0 Å². The average molecular weight is 468 g/mol. The molecule has 3 aliphatic rings. The van der Waals surface area contributed by atoms with Gasteiger partial charge in [-0.25, -0.2) is 4.98 Å². The minimum absolute atomic E-state index is 0.463. The van der Waals surface area contributed by atoms with Gasteiger partial charge in [-0.15, -0.1) is 0 Å². The molecule has 0 bridgehead atoms. The van der Waals surface area contributed by atoms with Crippen LogP contribution < -0.4 is 19.7 Å². The molecule has 2 heterocycles. The quantitative estimate of drug-likeness (QED) is 0.583. The molecule has 1 aromatic heterocycles. The first-order valence-electron chi connectivity index (χ1n) is 13.4. The summed E-state index contributed by atoms with van der Waals surface area (Å²) in [6, 6.07) is 5.26. The Labute approximate surface area is 204 Å². The second-order valence-corrected chi connectivity index (χ2v) is 10.2. The Morgan fingerprint density at radius 3 is 2.06 bits per heavy atom. The molecule has 2 aromatic rings. The lowest BCUT2D eigenvalue weighted by molar-refractivity contribution is 0.147. The highest BCUT2D eigenvalue weighted by atomic mass is 16.5. The van der Waals surface area contributed by atoms with E-state index in [0.717, 1.165) is 60.6 Å². The molecular weight excluding hydrogens is 426 g/mol. The van der Waals surface area contributed by atoms with Crippen molar-refractivity contribution in [2.45, 2.75) is 82.7 Å². The summed E-state index contributed by atoms with van der Waals surface area (Å²) in [4.78, 5) is 15.2. The lowest BCUT2D eigenvalue weighted by Crippen LogP contribution is -2.51. The minimum Gasteiger partial charge on any atom is -0.493 e. The van der Waals surface area contributed by atoms with E-state index in [9.17, 15) is 0 Å². The molecule has 0 amide bonds. The van der Waals surface area contributed by atoms with E-state index < -0.39 is 0 Å². The first kappa shape index (κ1) is 23.5. The molecule has 3 fully saturated rings. The van der Waals surface area contributed by atoms with Crippen LogP contribution in [0.4, 0.5) is 11.8 Å². The fourth-order valence-electron chi connectivity index (χ4n) is 6.05. The van der Waals surface area contributed by atoms with Gasteiger partial charge in [0.2, 0.25) is 5.95 Å². The van der Waals surface area contributed by atoms with E-state index in [1.807, 2.05) is 12.1 Å². The topological polar surface area (TPSA) is 62.8 Å². The molecule has 34 heavy (non-hydrogen) atoms. The Morgan fingerprint density at radius 2 is 1.38 bits per heavy atom. The number of benzene rings is 1. The molecule has 0 radical (unpaired) electrons. The molecular formula is C27H41N5O2. The fourth-order valence-corrected chi connectivity index (χ4v) is 6.05. The van der Waals surface area contributed by atoms with Crippen molar-refractivity contribution >= 4 is 22.7 Å². The molecule has 186 valence electrons. The van der Waals surface area contributed by atoms with Crippen molar-refractivity contribution in [1.82, 2.24) is 14.9 Å². The molecule has 7 nitrogen and oxygen atoms in total. The van der Waals surface area contributed by atoms with Crippen molar-refractivity contribution in [2.24, 2.45) is 0 Å². The van der Waals surface area contributed by atoms with E-state index >= 15 is 0 Å². The number of hydrogen-bond acceptors (Lipinski definition) is 7. The second kappa shape index (κ2) is 11.0. The van der Waals surface area contributed by atoms with Crippen molar-refractivity contribution in [3.8, 4) is 11.5 Å². The maximum Gasteiger partial charge on any atom is 0.227 e. The lowest BCUT2D eigenvalue weighted by Gasteiger charge is -2.40. The largest absolute Gasteiger partial charge is 0.493 e. The SMILES string of the molecule is COc1cc2nc(N3CCN(C4CCCCC4)CC3)nc(NC3CCCCCC3)c2cc1OC. The highest BCUT2D eigenvalue weighted by Crippen LogP contribution is 2.36. The normalized spacial score (nSPS) is 21.4. The van der Waals surface area contributed by atoms with Gasteiger partial charge in [-0.3, -0.25) is 4.90 Å². The summed E-state index contributed by atoms with van der Waals surface area (Å²) in [5.41, 5.74) is 0.911. The molecule has 1 aliphatic heterocycles. The summed E-state index contributed by atoms with van der Waals surface area (Å²) in [5, 5.41) is 4.81. The highest BCUT2D eigenvalue weighted by molar-refractivity contribution is 5.93. The van der Waals surface area contributed by atoms with Crippen molar-refractivity contribution < 1.29 is 9.47 Å². The van der Waals surface area contributed by atoms with Gasteiger partial charge in [0, 0.05) is 49.7 Å². The summed E-state index contributed by atoms with van der Waals surface area (Å²) < 4.78 is 11.2.